The Hall–Kier alpha value is -2.01. The minimum atomic E-state index is -0.254. The van der Waals surface area contributed by atoms with Crippen LogP contribution >= 0.6 is 11.6 Å². The minimum Gasteiger partial charge on any atom is -0.325 e. The number of hydrogen-bond acceptors (Lipinski definition) is 2. The van der Waals surface area contributed by atoms with Gasteiger partial charge in [0.2, 0.25) is 5.91 Å². The molecule has 0 aliphatic rings. The fourth-order valence-electron chi connectivity index (χ4n) is 1.83. The van der Waals surface area contributed by atoms with Gasteiger partial charge in [-0.1, -0.05) is 11.6 Å². The van der Waals surface area contributed by atoms with E-state index in [1.165, 1.54) is 4.57 Å². The maximum Gasteiger partial charge on any atom is 0.328 e. The van der Waals surface area contributed by atoms with E-state index in [2.05, 4.69) is 5.32 Å². The molecule has 0 spiro atoms. The quantitative estimate of drug-likeness (QED) is 0.942. The second-order valence-electron chi connectivity index (χ2n) is 4.76. The molecule has 0 saturated heterocycles. The highest BCUT2D eigenvalue weighted by Crippen LogP contribution is 2.13. The molecule has 0 unspecified atom stereocenters. The van der Waals surface area contributed by atoms with Crippen LogP contribution in [0, 0.1) is 0 Å². The highest BCUT2D eigenvalue weighted by molar-refractivity contribution is 6.30. The van der Waals surface area contributed by atoms with Crippen LogP contribution in [0.2, 0.25) is 5.02 Å². The second-order valence-corrected chi connectivity index (χ2v) is 5.20. The van der Waals surface area contributed by atoms with Gasteiger partial charge >= 0.3 is 5.69 Å². The fraction of sp³-hybridized carbons (Fsp3) is 0.286. The van der Waals surface area contributed by atoms with Gasteiger partial charge in [0.05, 0.1) is 0 Å². The summed E-state index contributed by atoms with van der Waals surface area (Å²) in [6.07, 6.45) is 3.30. The predicted molar refractivity (Wildman–Crippen MR) is 79.2 cm³/mol. The fourth-order valence-corrected chi connectivity index (χ4v) is 1.96. The third-order valence-electron chi connectivity index (χ3n) is 2.87. The van der Waals surface area contributed by atoms with Crippen molar-refractivity contribution >= 4 is 23.2 Å². The Morgan fingerprint density at radius 3 is 2.45 bits per heavy atom. The van der Waals surface area contributed by atoms with Crippen molar-refractivity contribution in [2.45, 2.75) is 26.4 Å². The molecule has 2 aromatic rings. The van der Waals surface area contributed by atoms with Crippen LogP contribution in [0.25, 0.3) is 0 Å². The van der Waals surface area contributed by atoms with Crippen molar-refractivity contribution in [3.8, 4) is 0 Å². The Balaban J connectivity index is 2.05. The molecule has 1 N–H and O–H groups in total. The average Bonchev–Trinajstić information content (AvgIpc) is 2.74. The van der Waals surface area contributed by atoms with Crippen molar-refractivity contribution in [3.05, 3.63) is 52.2 Å². The smallest absolute Gasteiger partial charge is 0.325 e. The molecular weight excluding hydrogens is 278 g/mol. The summed E-state index contributed by atoms with van der Waals surface area (Å²) in [7, 11) is 0. The van der Waals surface area contributed by atoms with Crippen molar-refractivity contribution in [1.29, 1.82) is 0 Å². The summed E-state index contributed by atoms with van der Waals surface area (Å²) >= 11 is 5.77. The van der Waals surface area contributed by atoms with E-state index in [1.807, 2.05) is 13.8 Å². The number of imidazole rings is 1. The zero-order chi connectivity index (χ0) is 14.7. The van der Waals surface area contributed by atoms with Gasteiger partial charge in [0, 0.05) is 29.1 Å². The van der Waals surface area contributed by atoms with Gasteiger partial charge in [0.25, 0.3) is 0 Å². The summed E-state index contributed by atoms with van der Waals surface area (Å²) < 4.78 is 2.96. The highest BCUT2D eigenvalue weighted by Gasteiger charge is 2.09. The molecule has 1 aromatic heterocycles. The van der Waals surface area contributed by atoms with Crippen LogP contribution in [-0.4, -0.2) is 15.0 Å². The van der Waals surface area contributed by atoms with E-state index in [0.29, 0.717) is 10.7 Å². The van der Waals surface area contributed by atoms with E-state index >= 15 is 0 Å². The number of nitrogens with zero attached hydrogens (tertiary/aromatic N) is 2. The minimum absolute atomic E-state index is 0.0127. The van der Waals surface area contributed by atoms with E-state index in [1.54, 1.807) is 41.2 Å². The van der Waals surface area contributed by atoms with E-state index in [0.717, 1.165) is 0 Å². The third-order valence-corrected chi connectivity index (χ3v) is 3.12. The van der Waals surface area contributed by atoms with Gasteiger partial charge in [0.1, 0.15) is 6.54 Å². The molecular formula is C14H16ClN3O2. The zero-order valence-corrected chi connectivity index (χ0v) is 12.1. The van der Waals surface area contributed by atoms with Crippen LogP contribution in [0.1, 0.15) is 19.9 Å². The number of amides is 1. The van der Waals surface area contributed by atoms with Crippen LogP contribution in [0.4, 0.5) is 5.69 Å². The lowest BCUT2D eigenvalue weighted by Crippen LogP contribution is -2.29. The molecule has 5 nitrogen and oxygen atoms in total. The lowest BCUT2D eigenvalue weighted by atomic mass is 10.3. The molecule has 0 bridgehead atoms. The summed E-state index contributed by atoms with van der Waals surface area (Å²) in [6, 6.07) is 6.88. The van der Waals surface area contributed by atoms with Crippen molar-refractivity contribution in [2.75, 3.05) is 5.32 Å². The largest absolute Gasteiger partial charge is 0.328 e. The number of rotatable bonds is 4. The summed E-state index contributed by atoms with van der Waals surface area (Å²) in [5.74, 6) is -0.254. The molecule has 0 fully saturated rings. The zero-order valence-electron chi connectivity index (χ0n) is 11.3. The maximum atomic E-state index is 12.0. The monoisotopic (exact) mass is 293 g/mol. The Kier molecular flexibility index (Phi) is 4.29. The molecule has 1 amide bonds. The molecule has 1 heterocycles. The summed E-state index contributed by atoms with van der Waals surface area (Å²) in [5.41, 5.74) is 0.460. The second kappa shape index (κ2) is 5.96. The lowest BCUT2D eigenvalue weighted by molar-refractivity contribution is -0.116. The predicted octanol–water partition coefficient (Wildman–Crippen LogP) is 2.52. The molecule has 0 saturated carbocycles. The number of halogens is 1. The Bertz CT molecular complexity index is 656. The number of anilines is 1. The molecule has 0 aliphatic carbocycles. The van der Waals surface area contributed by atoms with E-state index in [4.69, 9.17) is 11.6 Å². The van der Waals surface area contributed by atoms with Gasteiger partial charge in [-0.2, -0.15) is 0 Å². The van der Waals surface area contributed by atoms with Gasteiger partial charge in [-0.3, -0.25) is 13.9 Å². The van der Waals surface area contributed by atoms with Crippen LogP contribution in [0.3, 0.4) is 0 Å². The lowest BCUT2D eigenvalue weighted by Gasteiger charge is -2.06. The van der Waals surface area contributed by atoms with Gasteiger partial charge < -0.3 is 5.32 Å². The number of benzene rings is 1. The van der Waals surface area contributed by atoms with Gasteiger partial charge in [-0.05, 0) is 38.1 Å². The van der Waals surface area contributed by atoms with Crippen molar-refractivity contribution in [1.82, 2.24) is 9.13 Å². The van der Waals surface area contributed by atoms with Crippen LogP contribution in [0.15, 0.2) is 41.5 Å². The Labute approximate surface area is 121 Å². The molecule has 2 rings (SSSR count). The molecule has 0 atom stereocenters. The maximum absolute atomic E-state index is 12.0. The number of nitrogens with one attached hydrogen (secondary N) is 1. The first-order chi connectivity index (χ1) is 9.47. The van der Waals surface area contributed by atoms with E-state index in [-0.39, 0.29) is 24.2 Å². The Morgan fingerprint density at radius 1 is 1.25 bits per heavy atom. The standard InChI is InChI=1S/C14H16ClN3O2/c1-10(2)18-8-7-17(14(18)20)9-13(19)16-12-5-3-11(15)4-6-12/h3-8,10H,9H2,1-2H3,(H,16,19). The summed E-state index contributed by atoms with van der Waals surface area (Å²) in [5, 5.41) is 3.32. The first kappa shape index (κ1) is 14.4. The van der Waals surface area contributed by atoms with Crippen LogP contribution < -0.4 is 11.0 Å². The first-order valence-electron chi connectivity index (χ1n) is 6.30. The van der Waals surface area contributed by atoms with Gasteiger partial charge in [-0.25, -0.2) is 4.79 Å². The van der Waals surface area contributed by atoms with Crippen LogP contribution in [-0.2, 0) is 11.3 Å². The third kappa shape index (κ3) is 3.30. The van der Waals surface area contributed by atoms with Gasteiger partial charge in [0.15, 0.2) is 0 Å². The van der Waals surface area contributed by atoms with Crippen molar-refractivity contribution in [3.63, 3.8) is 0 Å². The molecule has 6 heteroatoms. The Morgan fingerprint density at radius 2 is 1.90 bits per heavy atom. The normalized spacial score (nSPS) is 10.8. The molecule has 0 aliphatic heterocycles. The highest BCUT2D eigenvalue weighted by atomic mass is 35.5. The molecule has 0 radical (unpaired) electrons. The van der Waals surface area contributed by atoms with Crippen molar-refractivity contribution < 1.29 is 4.79 Å². The number of aromatic nitrogens is 2. The SMILES string of the molecule is CC(C)n1ccn(CC(=O)Nc2ccc(Cl)cc2)c1=O. The number of hydrogen-bond donors (Lipinski definition) is 1. The topological polar surface area (TPSA) is 56.0 Å². The number of carbonyl (C=O) groups excluding carboxylic acids is 1. The van der Waals surface area contributed by atoms with Crippen molar-refractivity contribution in [2.24, 2.45) is 0 Å². The van der Waals surface area contributed by atoms with E-state index in [9.17, 15) is 9.59 Å². The molecule has 106 valence electrons. The number of carbonyl (C=O) groups is 1. The van der Waals surface area contributed by atoms with Crippen LogP contribution in [0.5, 0.6) is 0 Å². The summed E-state index contributed by atoms with van der Waals surface area (Å²) in [6.45, 7) is 3.82. The first-order valence-corrected chi connectivity index (χ1v) is 6.68. The van der Waals surface area contributed by atoms with Gasteiger partial charge in [-0.15, -0.1) is 0 Å². The molecule has 20 heavy (non-hydrogen) atoms. The average molecular weight is 294 g/mol. The van der Waals surface area contributed by atoms with E-state index < -0.39 is 0 Å². The summed E-state index contributed by atoms with van der Waals surface area (Å²) in [4.78, 5) is 23.9. The molecule has 1 aromatic carbocycles.